The fourth-order valence-corrected chi connectivity index (χ4v) is 7.57. The summed E-state index contributed by atoms with van der Waals surface area (Å²) in [6.45, 7) is 7.96. The zero-order chi connectivity index (χ0) is 29.8. The Balaban J connectivity index is 1.40. The van der Waals surface area contributed by atoms with Crippen molar-refractivity contribution in [1.82, 2.24) is 29.6 Å². The summed E-state index contributed by atoms with van der Waals surface area (Å²) < 4.78 is 9.67. The number of amides is 1. The molecule has 2 N–H and O–H groups in total. The van der Waals surface area contributed by atoms with Gasteiger partial charge in [0.1, 0.15) is 23.8 Å². The van der Waals surface area contributed by atoms with Crippen LogP contribution in [0.5, 0.6) is 0 Å². The largest absolute Gasteiger partial charge is 0.465 e. The van der Waals surface area contributed by atoms with E-state index in [1.807, 2.05) is 29.1 Å². The number of aromatic nitrogens is 5. The molecule has 2 saturated heterocycles. The van der Waals surface area contributed by atoms with Crippen LogP contribution in [-0.4, -0.2) is 74.6 Å². The lowest BCUT2D eigenvalue weighted by atomic mass is 9.97. The maximum absolute atomic E-state index is 11.9. The third-order valence-electron chi connectivity index (χ3n) is 8.49. The number of hydrogen-bond donors (Lipinski definition) is 2. The van der Waals surface area contributed by atoms with E-state index >= 15 is 0 Å². The topological polar surface area (TPSA) is 127 Å². The molecule has 6 rings (SSSR count). The van der Waals surface area contributed by atoms with E-state index in [4.69, 9.17) is 26.3 Å². The smallest absolute Gasteiger partial charge is 0.404 e. The monoisotopic (exact) mass is 609 g/mol. The number of aryl methyl sites for hydroxylation is 1. The number of carbonyl (C=O) groups is 2. The second-order valence-electron chi connectivity index (χ2n) is 12.6. The first kappa shape index (κ1) is 28.6. The number of nitrogens with zero attached hydrogens (tertiary/aromatic N) is 6. The minimum Gasteiger partial charge on any atom is -0.465 e. The van der Waals surface area contributed by atoms with E-state index in [2.05, 4.69) is 35.0 Å². The minimum absolute atomic E-state index is 0.0519. The second-order valence-corrected chi connectivity index (χ2v) is 18.6. The highest BCUT2D eigenvalue weighted by Crippen LogP contribution is 2.41. The molecule has 2 atom stereocenters. The van der Waals surface area contributed by atoms with Crippen molar-refractivity contribution < 1.29 is 19.4 Å². The summed E-state index contributed by atoms with van der Waals surface area (Å²) in [6.07, 6.45) is 7.06. The number of piperidine rings is 1. The van der Waals surface area contributed by atoms with Crippen molar-refractivity contribution in [3.05, 3.63) is 35.2 Å². The van der Waals surface area contributed by atoms with Crippen molar-refractivity contribution in [1.29, 1.82) is 0 Å². The first-order chi connectivity index (χ1) is 20.0. The van der Waals surface area contributed by atoms with Crippen LogP contribution in [0.2, 0.25) is 30.7 Å². The van der Waals surface area contributed by atoms with E-state index < -0.39 is 14.2 Å². The molecule has 2 unspecified atom stereocenters. The molecule has 2 aliphatic heterocycles. The highest BCUT2D eigenvalue weighted by Gasteiger charge is 2.42. The molecule has 0 aliphatic carbocycles. The van der Waals surface area contributed by atoms with Gasteiger partial charge in [-0.1, -0.05) is 37.3 Å². The van der Waals surface area contributed by atoms with Crippen LogP contribution in [0, 0.1) is 0 Å². The van der Waals surface area contributed by atoms with Gasteiger partial charge in [-0.2, -0.15) is 5.10 Å². The van der Waals surface area contributed by atoms with Gasteiger partial charge in [-0.15, -0.1) is 0 Å². The SMILES string of the molecule is Cn1nc2ccc(-c3cn(COCC[Si](C)(C)C)c4nc(N5C6CCC5CC(NC(=O)O)C6)cnc34)c(Cl)c2c1C=O. The van der Waals surface area contributed by atoms with E-state index in [0.717, 1.165) is 55.0 Å². The summed E-state index contributed by atoms with van der Waals surface area (Å²) in [5.74, 6) is 0.786. The first-order valence-electron chi connectivity index (χ1n) is 14.4. The summed E-state index contributed by atoms with van der Waals surface area (Å²) >= 11 is 6.96. The molecular formula is C29H36ClN7O4Si. The zero-order valence-electron chi connectivity index (χ0n) is 24.3. The minimum atomic E-state index is -1.26. The van der Waals surface area contributed by atoms with Crippen molar-refractivity contribution >= 4 is 59.9 Å². The normalized spacial score (nSPS) is 20.5. The molecule has 2 bridgehead atoms. The van der Waals surface area contributed by atoms with Crippen LogP contribution in [0.4, 0.5) is 10.6 Å². The van der Waals surface area contributed by atoms with Gasteiger partial charge in [-0.3, -0.25) is 9.48 Å². The molecule has 0 radical (unpaired) electrons. The number of hydrogen-bond acceptors (Lipinski definition) is 7. The quantitative estimate of drug-likeness (QED) is 0.144. The van der Waals surface area contributed by atoms with E-state index in [1.54, 1.807) is 11.7 Å². The van der Waals surface area contributed by atoms with Crippen molar-refractivity contribution in [2.24, 2.45) is 7.05 Å². The van der Waals surface area contributed by atoms with Crippen molar-refractivity contribution in [3.8, 4) is 11.1 Å². The number of carbonyl (C=O) groups excluding carboxylic acids is 1. The maximum atomic E-state index is 11.9. The third kappa shape index (κ3) is 5.27. The first-order valence-corrected chi connectivity index (χ1v) is 18.4. The zero-order valence-corrected chi connectivity index (χ0v) is 26.1. The summed E-state index contributed by atoms with van der Waals surface area (Å²) in [5.41, 5.74) is 4.00. The van der Waals surface area contributed by atoms with Gasteiger partial charge in [0.15, 0.2) is 11.9 Å². The number of aldehydes is 1. The summed E-state index contributed by atoms with van der Waals surface area (Å²) in [7, 11) is 0.468. The van der Waals surface area contributed by atoms with E-state index in [-0.39, 0.29) is 18.1 Å². The van der Waals surface area contributed by atoms with E-state index in [1.165, 1.54) is 0 Å². The summed E-state index contributed by atoms with van der Waals surface area (Å²) in [4.78, 5) is 35.5. The fourth-order valence-electron chi connectivity index (χ4n) is 6.46. The lowest BCUT2D eigenvalue weighted by Gasteiger charge is -2.39. The van der Waals surface area contributed by atoms with Gasteiger partial charge in [-0.25, -0.2) is 14.8 Å². The number of fused-ring (bicyclic) bond motifs is 4. The molecule has 3 aromatic heterocycles. The van der Waals surface area contributed by atoms with Gasteiger partial charge in [0, 0.05) is 62.6 Å². The predicted octanol–water partition coefficient (Wildman–Crippen LogP) is 5.53. The summed E-state index contributed by atoms with van der Waals surface area (Å²) in [6, 6.07) is 5.18. The molecule has 0 spiro atoms. The summed E-state index contributed by atoms with van der Waals surface area (Å²) in [5, 5.41) is 17.4. The molecule has 2 aliphatic rings. The molecule has 1 aromatic carbocycles. The molecule has 5 heterocycles. The van der Waals surface area contributed by atoms with E-state index in [0.29, 0.717) is 46.1 Å². The van der Waals surface area contributed by atoms with Crippen LogP contribution in [0.15, 0.2) is 24.5 Å². The number of carboxylic acid groups (broad SMARTS) is 1. The van der Waals surface area contributed by atoms with Crippen molar-refractivity contribution in [3.63, 3.8) is 0 Å². The molecule has 2 fully saturated rings. The van der Waals surface area contributed by atoms with Crippen LogP contribution >= 0.6 is 11.6 Å². The molecule has 4 aromatic rings. The Kier molecular flexibility index (Phi) is 7.48. The Morgan fingerprint density at radius 1 is 1.21 bits per heavy atom. The van der Waals surface area contributed by atoms with E-state index in [9.17, 15) is 14.7 Å². The Morgan fingerprint density at radius 2 is 1.95 bits per heavy atom. The lowest BCUT2D eigenvalue weighted by Crippen LogP contribution is -2.50. The van der Waals surface area contributed by atoms with Gasteiger partial charge in [0.05, 0.1) is 16.7 Å². The number of rotatable bonds is 9. The van der Waals surface area contributed by atoms with Crippen molar-refractivity contribution in [2.75, 3.05) is 11.5 Å². The van der Waals surface area contributed by atoms with Gasteiger partial charge in [0.25, 0.3) is 0 Å². The van der Waals surface area contributed by atoms with Crippen molar-refractivity contribution in [2.45, 2.75) is 76.2 Å². The Morgan fingerprint density at radius 3 is 2.62 bits per heavy atom. The molecule has 222 valence electrons. The van der Waals surface area contributed by atoms with Gasteiger partial charge in [-0.05, 0) is 37.8 Å². The lowest BCUT2D eigenvalue weighted by molar-refractivity contribution is 0.0899. The van der Waals surface area contributed by atoms with Gasteiger partial charge >= 0.3 is 6.09 Å². The second kappa shape index (κ2) is 11.0. The standard InChI is InChI=1S/C29H36ClN7O4Si/c1-35-23(15-38)25-22(34-35)8-7-20(26(25)30)21-14-36(16-41-9-10-42(2,3)4)28-27(21)31-13-24(33-28)37-18-5-6-19(37)12-17(11-18)32-29(39)40/h7-8,13-15,17-19,32H,5-6,9-12,16H2,1-4H3,(H,39,40). The Labute approximate surface area is 249 Å². The number of halogens is 1. The van der Waals surface area contributed by atoms with Crippen LogP contribution in [0.1, 0.15) is 36.2 Å². The van der Waals surface area contributed by atoms with Crippen LogP contribution < -0.4 is 10.2 Å². The number of nitrogens with one attached hydrogen (secondary N) is 1. The predicted molar refractivity (Wildman–Crippen MR) is 165 cm³/mol. The molecule has 0 saturated carbocycles. The number of benzene rings is 1. The third-order valence-corrected chi connectivity index (χ3v) is 10.6. The van der Waals surface area contributed by atoms with Gasteiger partial charge in [0.2, 0.25) is 0 Å². The highest BCUT2D eigenvalue weighted by molar-refractivity contribution is 6.76. The molecule has 1 amide bonds. The molecular weight excluding hydrogens is 574 g/mol. The maximum Gasteiger partial charge on any atom is 0.404 e. The Bertz CT molecular complexity index is 1670. The number of ether oxygens (including phenoxy) is 1. The highest BCUT2D eigenvalue weighted by atomic mass is 35.5. The molecule has 42 heavy (non-hydrogen) atoms. The van der Waals surface area contributed by atoms with Crippen LogP contribution in [0.25, 0.3) is 33.2 Å². The van der Waals surface area contributed by atoms with Crippen LogP contribution in [-0.2, 0) is 18.5 Å². The fraction of sp³-hybridized carbons (Fsp3) is 0.483. The van der Waals surface area contributed by atoms with Crippen LogP contribution in [0.3, 0.4) is 0 Å². The number of anilines is 1. The van der Waals surface area contributed by atoms with Gasteiger partial charge < -0.3 is 24.6 Å². The average molecular weight is 610 g/mol. The average Bonchev–Trinajstić information content (AvgIpc) is 3.54. The molecule has 11 nitrogen and oxygen atoms in total. The Hall–Kier alpha value is -3.48. The molecule has 13 heteroatoms.